The Hall–Kier alpha value is -1.69. The number of nitrogens with zero attached hydrogens (tertiary/aromatic N) is 5. The van der Waals surface area contributed by atoms with Crippen LogP contribution in [0.4, 0.5) is 0 Å². The number of aromatic nitrogens is 3. The Bertz CT molecular complexity index is 661. The number of rotatable bonds is 2. The van der Waals surface area contributed by atoms with Gasteiger partial charge in [0.15, 0.2) is 5.84 Å². The maximum Gasteiger partial charge on any atom is 0.183 e. The van der Waals surface area contributed by atoms with Crippen molar-refractivity contribution in [3.8, 4) is 0 Å². The van der Waals surface area contributed by atoms with E-state index in [9.17, 15) is 0 Å². The predicted molar refractivity (Wildman–Crippen MR) is 86.4 cm³/mol. The zero-order valence-corrected chi connectivity index (χ0v) is 13.8. The summed E-state index contributed by atoms with van der Waals surface area (Å²) in [5.74, 6) is 0.776. The molecule has 0 amide bonds. The Labute approximate surface area is 132 Å². The lowest BCUT2D eigenvalue weighted by Gasteiger charge is -2.19. The van der Waals surface area contributed by atoms with Crippen molar-refractivity contribution in [3.05, 3.63) is 46.0 Å². The van der Waals surface area contributed by atoms with Crippen LogP contribution >= 0.6 is 15.9 Å². The van der Waals surface area contributed by atoms with Crippen molar-refractivity contribution in [1.82, 2.24) is 19.8 Å². The fourth-order valence-electron chi connectivity index (χ4n) is 2.66. The highest BCUT2D eigenvalue weighted by molar-refractivity contribution is 9.10. The van der Waals surface area contributed by atoms with Crippen molar-refractivity contribution in [2.45, 2.75) is 25.7 Å². The molecule has 3 rings (SSSR count). The molecule has 0 unspecified atom stereocenters. The highest BCUT2D eigenvalue weighted by atomic mass is 79.9. The Kier molecular flexibility index (Phi) is 4.05. The van der Waals surface area contributed by atoms with Gasteiger partial charge in [-0.05, 0) is 48.9 Å². The maximum atomic E-state index is 4.58. The molecule has 1 aliphatic carbocycles. The quantitative estimate of drug-likeness (QED) is 0.476. The molecule has 0 bridgehead atoms. The zero-order chi connectivity index (χ0) is 14.8. The van der Waals surface area contributed by atoms with Gasteiger partial charge in [0, 0.05) is 24.1 Å². The highest BCUT2D eigenvalue weighted by Crippen LogP contribution is 2.28. The van der Waals surface area contributed by atoms with E-state index in [-0.39, 0.29) is 0 Å². The molecule has 5 nitrogen and oxygen atoms in total. The Morgan fingerprint density at radius 1 is 1.24 bits per heavy atom. The third-order valence-corrected chi connectivity index (χ3v) is 4.26. The van der Waals surface area contributed by atoms with E-state index in [4.69, 9.17) is 0 Å². The molecule has 0 aliphatic heterocycles. The zero-order valence-electron chi connectivity index (χ0n) is 12.3. The number of benzene rings is 1. The lowest BCUT2D eigenvalue weighted by molar-refractivity contribution is 0.434. The van der Waals surface area contributed by atoms with Crippen LogP contribution in [0.1, 0.15) is 29.5 Å². The van der Waals surface area contributed by atoms with Gasteiger partial charge in [-0.3, -0.25) is 0 Å². The molecular weight excluding hydrogens is 330 g/mol. The fraction of sp³-hybridized carbons (Fsp3) is 0.400. The van der Waals surface area contributed by atoms with Crippen molar-refractivity contribution < 1.29 is 0 Å². The molecule has 1 aliphatic rings. The molecule has 0 radical (unpaired) electrons. The van der Waals surface area contributed by atoms with E-state index in [1.54, 1.807) is 16.0 Å². The maximum absolute atomic E-state index is 4.58. The molecule has 0 saturated carbocycles. The largest absolute Gasteiger partial charge is 0.301 e. The van der Waals surface area contributed by atoms with Gasteiger partial charge in [-0.2, -0.15) is 10.2 Å². The van der Waals surface area contributed by atoms with Gasteiger partial charge >= 0.3 is 0 Å². The molecule has 0 atom stereocenters. The standard InChI is InChI=1S/C15H18BrN5/c1-20(2)19-15(21-10-17-9-18-21)13-7-11-5-3-4-6-12(11)8-14(13)16/h7-10H,3-6H2,1-2H3. The van der Waals surface area contributed by atoms with Crippen LogP contribution in [0.15, 0.2) is 34.4 Å². The first-order valence-corrected chi connectivity index (χ1v) is 7.87. The van der Waals surface area contributed by atoms with E-state index in [0.717, 1.165) is 28.7 Å². The summed E-state index contributed by atoms with van der Waals surface area (Å²) in [6.45, 7) is 0. The normalized spacial score (nSPS) is 14.9. The summed E-state index contributed by atoms with van der Waals surface area (Å²) in [6, 6.07) is 4.47. The lowest BCUT2D eigenvalue weighted by Crippen LogP contribution is -2.20. The van der Waals surface area contributed by atoms with Gasteiger partial charge in [-0.25, -0.2) is 9.67 Å². The summed E-state index contributed by atoms with van der Waals surface area (Å²) < 4.78 is 2.76. The minimum absolute atomic E-state index is 0.776. The molecule has 0 N–H and O–H groups in total. The van der Waals surface area contributed by atoms with Gasteiger partial charge < -0.3 is 5.01 Å². The number of halogens is 1. The van der Waals surface area contributed by atoms with Crippen molar-refractivity contribution in [2.75, 3.05) is 14.1 Å². The van der Waals surface area contributed by atoms with Crippen LogP contribution in [0, 0.1) is 0 Å². The summed E-state index contributed by atoms with van der Waals surface area (Å²) in [5, 5.41) is 10.6. The van der Waals surface area contributed by atoms with Crippen LogP contribution < -0.4 is 0 Å². The van der Waals surface area contributed by atoms with E-state index in [0.29, 0.717) is 0 Å². The van der Waals surface area contributed by atoms with Crippen molar-refractivity contribution in [3.63, 3.8) is 0 Å². The van der Waals surface area contributed by atoms with Crippen LogP contribution in [-0.2, 0) is 12.8 Å². The monoisotopic (exact) mass is 347 g/mol. The van der Waals surface area contributed by atoms with Gasteiger partial charge in [-0.15, -0.1) is 0 Å². The minimum atomic E-state index is 0.776. The average molecular weight is 348 g/mol. The summed E-state index contributed by atoms with van der Waals surface area (Å²) in [7, 11) is 3.81. The molecule has 21 heavy (non-hydrogen) atoms. The molecule has 0 spiro atoms. The van der Waals surface area contributed by atoms with E-state index < -0.39 is 0 Å². The van der Waals surface area contributed by atoms with Crippen molar-refractivity contribution in [2.24, 2.45) is 5.10 Å². The van der Waals surface area contributed by atoms with Gasteiger partial charge in [0.1, 0.15) is 12.7 Å². The van der Waals surface area contributed by atoms with Gasteiger partial charge in [-0.1, -0.05) is 15.9 Å². The number of hydrogen-bond donors (Lipinski definition) is 0. The SMILES string of the molecule is CN(C)N=C(c1cc2c(cc1Br)CCCC2)n1cncn1. The summed E-state index contributed by atoms with van der Waals surface area (Å²) in [5.41, 5.74) is 3.92. The van der Waals surface area contributed by atoms with Gasteiger partial charge in [0.2, 0.25) is 0 Å². The van der Waals surface area contributed by atoms with Gasteiger partial charge in [0.05, 0.1) is 0 Å². The average Bonchev–Trinajstić information content (AvgIpc) is 2.98. The first kappa shape index (κ1) is 14.3. The number of aryl methyl sites for hydroxylation is 2. The fourth-order valence-corrected chi connectivity index (χ4v) is 3.23. The molecule has 6 heteroatoms. The summed E-state index contributed by atoms with van der Waals surface area (Å²) >= 11 is 3.69. The topological polar surface area (TPSA) is 46.3 Å². The first-order valence-electron chi connectivity index (χ1n) is 7.08. The van der Waals surface area contributed by atoms with Crippen LogP contribution in [0.2, 0.25) is 0 Å². The van der Waals surface area contributed by atoms with E-state index in [2.05, 4.69) is 43.2 Å². The molecule has 0 saturated heterocycles. The second-order valence-corrected chi connectivity index (χ2v) is 6.27. The molecule has 110 valence electrons. The Morgan fingerprint density at radius 3 is 2.57 bits per heavy atom. The number of fused-ring (bicyclic) bond motifs is 1. The third-order valence-electron chi connectivity index (χ3n) is 3.60. The first-order chi connectivity index (χ1) is 10.1. The smallest absolute Gasteiger partial charge is 0.183 e. The molecule has 0 fully saturated rings. The van der Waals surface area contributed by atoms with E-state index in [1.165, 1.54) is 30.3 Å². The van der Waals surface area contributed by atoms with Gasteiger partial charge in [0.25, 0.3) is 0 Å². The molecule has 1 heterocycles. The number of hydrogen-bond acceptors (Lipinski definition) is 4. The van der Waals surface area contributed by atoms with Crippen molar-refractivity contribution in [1.29, 1.82) is 0 Å². The lowest BCUT2D eigenvalue weighted by atomic mass is 9.90. The van der Waals surface area contributed by atoms with Crippen molar-refractivity contribution >= 4 is 21.8 Å². The predicted octanol–water partition coefficient (Wildman–Crippen LogP) is 2.69. The van der Waals surface area contributed by atoms with Crippen LogP contribution in [0.3, 0.4) is 0 Å². The number of hydrazone groups is 1. The van der Waals surface area contributed by atoms with Crippen LogP contribution in [-0.4, -0.2) is 39.7 Å². The van der Waals surface area contributed by atoms with Crippen LogP contribution in [0.25, 0.3) is 0 Å². The molecular formula is C15H18BrN5. The van der Waals surface area contributed by atoms with E-state index in [1.807, 2.05) is 14.1 Å². The molecule has 1 aromatic carbocycles. The second kappa shape index (κ2) is 5.97. The summed E-state index contributed by atoms with van der Waals surface area (Å²) in [6.07, 6.45) is 8.05. The molecule has 2 aromatic rings. The third kappa shape index (κ3) is 3.00. The van der Waals surface area contributed by atoms with E-state index >= 15 is 0 Å². The summed E-state index contributed by atoms with van der Waals surface area (Å²) in [4.78, 5) is 4.03. The Morgan fingerprint density at radius 2 is 1.95 bits per heavy atom. The van der Waals surface area contributed by atoms with Crippen LogP contribution in [0.5, 0.6) is 0 Å². The minimum Gasteiger partial charge on any atom is -0.301 e. The second-order valence-electron chi connectivity index (χ2n) is 5.42. The highest BCUT2D eigenvalue weighted by Gasteiger charge is 2.17. The molecule has 1 aromatic heterocycles. The Balaban J connectivity index is 2.12.